The lowest BCUT2D eigenvalue weighted by Gasteiger charge is -2.32. The number of aliphatic hydroxyl groups is 1. The summed E-state index contributed by atoms with van der Waals surface area (Å²) in [5, 5.41) is 10.4. The van der Waals surface area contributed by atoms with E-state index in [-0.39, 0.29) is 29.9 Å². The van der Waals surface area contributed by atoms with Gasteiger partial charge in [-0.2, -0.15) is 8.78 Å². The minimum Gasteiger partial charge on any atom is -0.434 e. The van der Waals surface area contributed by atoms with Crippen molar-refractivity contribution in [2.24, 2.45) is 7.05 Å². The number of ether oxygens (including phenoxy) is 2. The molecule has 3 aromatic rings. The molecular formula is C25H27F3N2O4. The van der Waals surface area contributed by atoms with Crippen LogP contribution in [0, 0.1) is 12.7 Å². The van der Waals surface area contributed by atoms with Gasteiger partial charge in [0.1, 0.15) is 11.6 Å². The van der Waals surface area contributed by atoms with E-state index in [9.17, 15) is 18.7 Å². The fourth-order valence-electron chi connectivity index (χ4n) is 4.28. The molecule has 0 aliphatic carbocycles. The van der Waals surface area contributed by atoms with Crippen LogP contribution in [0.4, 0.5) is 13.2 Å². The second kappa shape index (κ2) is 8.96. The predicted molar refractivity (Wildman–Crippen MR) is 123 cm³/mol. The third-order valence-electron chi connectivity index (χ3n) is 6.15. The Bertz CT molecular complexity index is 1320. The highest BCUT2D eigenvalue weighted by molar-refractivity contribution is 5.84. The summed E-state index contributed by atoms with van der Waals surface area (Å²) < 4.78 is 54.2. The van der Waals surface area contributed by atoms with Crippen LogP contribution in [0.15, 0.2) is 41.2 Å². The molecule has 2 aromatic carbocycles. The molecule has 0 fully saturated rings. The molecule has 0 radical (unpaired) electrons. The zero-order valence-electron chi connectivity index (χ0n) is 19.4. The van der Waals surface area contributed by atoms with Gasteiger partial charge in [-0.1, -0.05) is 23.8 Å². The van der Waals surface area contributed by atoms with Crippen LogP contribution in [0.25, 0.3) is 16.5 Å². The van der Waals surface area contributed by atoms with Crippen molar-refractivity contribution < 1.29 is 27.8 Å². The van der Waals surface area contributed by atoms with E-state index in [0.717, 1.165) is 5.56 Å². The SMILES string of the molecule is Cc1ccc(OC(F)F)c(Cn2c3cc(C4=CCC(C(C)(C)O)OC4)c(F)cc3c(=O)n2C)c1. The van der Waals surface area contributed by atoms with Crippen LogP contribution in [0.1, 0.15) is 37.0 Å². The maximum absolute atomic E-state index is 15.0. The van der Waals surface area contributed by atoms with E-state index in [2.05, 4.69) is 4.74 Å². The molecule has 1 unspecified atom stereocenters. The number of hydrogen-bond acceptors (Lipinski definition) is 4. The molecule has 0 amide bonds. The fraction of sp³-hybridized carbons (Fsp3) is 0.400. The van der Waals surface area contributed by atoms with Gasteiger partial charge < -0.3 is 14.6 Å². The molecule has 0 saturated heterocycles. The van der Waals surface area contributed by atoms with Crippen molar-refractivity contribution in [3.8, 4) is 5.75 Å². The van der Waals surface area contributed by atoms with Crippen molar-refractivity contribution in [2.75, 3.05) is 6.61 Å². The van der Waals surface area contributed by atoms with E-state index in [1.165, 1.54) is 16.8 Å². The molecular weight excluding hydrogens is 449 g/mol. The van der Waals surface area contributed by atoms with E-state index in [1.807, 2.05) is 13.0 Å². The first-order valence-corrected chi connectivity index (χ1v) is 10.9. The Morgan fingerprint density at radius 3 is 2.62 bits per heavy atom. The molecule has 34 heavy (non-hydrogen) atoms. The summed E-state index contributed by atoms with van der Waals surface area (Å²) in [5.41, 5.74) is 1.23. The van der Waals surface area contributed by atoms with Crippen LogP contribution in [0.3, 0.4) is 0 Å². The third kappa shape index (κ3) is 4.63. The van der Waals surface area contributed by atoms with Crippen molar-refractivity contribution in [1.29, 1.82) is 0 Å². The molecule has 1 N–H and O–H groups in total. The number of rotatable bonds is 6. The van der Waals surface area contributed by atoms with E-state index in [4.69, 9.17) is 4.74 Å². The number of fused-ring (bicyclic) bond motifs is 1. The molecule has 1 aliphatic rings. The van der Waals surface area contributed by atoms with Gasteiger partial charge in [-0.25, -0.2) is 4.39 Å². The normalized spacial score (nSPS) is 16.9. The average molecular weight is 476 g/mol. The molecule has 6 nitrogen and oxygen atoms in total. The maximum atomic E-state index is 15.0. The number of hydrogen-bond donors (Lipinski definition) is 1. The number of aromatic nitrogens is 2. The molecule has 4 rings (SSSR count). The summed E-state index contributed by atoms with van der Waals surface area (Å²) >= 11 is 0. The zero-order chi connectivity index (χ0) is 24.8. The number of benzene rings is 2. The highest BCUT2D eigenvalue weighted by atomic mass is 19.3. The van der Waals surface area contributed by atoms with Gasteiger partial charge in [0.15, 0.2) is 0 Å². The molecule has 1 aliphatic heterocycles. The standard InChI is InChI=1S/C25H27F3N2O4/c1-14-5-7-21(34-24(27)28)16(9-14)12-30-20-11-17(19(26)10-18(20)23(31)29(30)4)15-6-8-22(33-13-15)25(2,3)32/h5-7,9-11,22,24,32H,8,12-13H2,1-4H3. The topological polar surface area (TPSA) is 65.6 Å². The van der Waals surface area contributed by atoms with Gasteiger partial charge in [0.2, 0.25) is 0 Å². The quantitative estimate of drug-likeness (QED) is 0.574. The summed E-state index contributed by atoms with van der Waals surface area (Å²) in [6, 6.07) is 7.62. The van der Waals surface area contributed by atoms with Gasteiger partial charge in [0.25, 0.3) is 5.56 Å². The van der Waals surface area contributed by atoms with Crippen LogP contribution in [0.2, 0.25) is 0 Å². The first kappa shape index (κ1) is 24.1. The Morgan fingerprint density at radius 1 is 1.26 bits per heavy atom. The van der Waals surface area contributed by atoms with E-state index in [0.29, 0.717) is 23.1 Å². The summed E-state index contributed by atoms with van der Waals surface area (Å²) in [5.74, 6) is -0.547. The number of aryl methyl sites for hydroxylation is 1. The van der Waals surface area contributed by atoms with Crippen LogP contribution < -0.4 is 10.3 Å². The summed E-state index contributed by atoms with van der Waals surface area (Å²) in [4.78, 5) is 12.8. The zero-order valence-corrected chi connectivity index (χ0v) is 19.4. The van der Waals surface area contributed by atoms with Gasteiger partial charge in [0, 0.05) is 18.2 Å². The molecule has 1 atom stereocenters. The monoisotopic (exact) mass is 476 g/mol. The minimum absolute atomic E-state index is 0.0123. The molecule has 0 bridgehead atoms. The number of alkyl halides is 2. The molecule has 0 saturated carbocycles. The van der Waals surface area contributed by atoms with Crippen molar-refractivity contribution in [1.82, 2.24) is 9.36 Å². The Balaban J connectivity index is 1.78. The second-order valence-corrected chi connectivity index (χ2v) is 9.14. The Kier molecular flexibility index (Phi) is 6.35. The maximum Gasteiger partial charge on any atom is 0.387 e. The van der Waals surface area contributed by atoms with Gasteiger partial charge in [0.05, 0.1) is 35.8 Å². The van der Waals surface area contributed by atoms with Crippen LogP contribution in [-0.2, 0) is 18.3 Å². The summed E-state index contributed by atoms with van der Waals surface area (Å²) in [6.45, 7) is 2.33. The molecule has 9 heteroatoms. The lowest BCUT2D eigenvalue weighted by atomic mass is 9.93. The Morgan fingerprint density at radius 2 is 2.00 bits per heavy atom. The minimum atomic E-state index is -2.99. The van der Waals surface area contributed by atoms with Crippen molar-refractivity contribution in [3.05, 3.63) is 69.3 Å². The summed E-state index contributed by atoms with van der Waals surface area (Å²) in [6.07, 6.45) is 1.83. The highest BCUT2D eigenvalue weighted by Crippen LogP contribution is 2.31. The molecule has 1 aromatic heterocycles. The Labute approximate surface area is 194 Å². The van der Waals surface area contributed by atoms with Gasteiger partial charge in [-0.15, -0.1) is 0 Å². The first-order chi connectivity index (χ1) is 16.0. The average Bonchev–Trinajstić information content (AvgIpc) is 2.98. The first-order valence-electron chi connectivity index (χ1n) is 10.9. The van der Waals surface area contributed by atoms with Gasteiger partial charge in [-0.05, 0) is 51.0 Å². The lowest BCUT2D eigenvalue weighted by molar-refractivity contribution is -0.0805. The largest absolute Gasteiger partial charge is 0.434 e. The highest BCUT2D eigenvalue weighted by Gasteiger charge is 2.30. The van der Waals surface area contributed by atoms with Crippen molar-refractivity contribution in [2.45, 2.75) is 52.1 Å². The predicted octanol–water partition coefficient (Wildman–Crippen LogP) is 4.38. The Hall–Kier alpha value is -3.04. The van der Waals surface area contributed by atoms with E-state index in [1.54, 1.807) is 43.8 Å². The molecule has 2 heterocycles. The van der Waals surface area contributed by atoms with Gasteiger partial charge in [-0.3, -0.25) is 14.2 Å². The second-order valence-electron chi connectivity index (χ2n) is 9.14. The van der Waals surface area contributed by atoms with Gasteiger partial charge >= 0.3 is 6.61 Å². The summed E-state index contributed by atoms with van der Waals surface area (Å²) in [7, 11) is 1.54. The van der Waals surface area contributed by atoms with Crippen LogP contribution in [0.5, 0.6) is 5.75 Å². The van der Waals surface area contributed by atoms with Crippen molar-refractivity contribution >= 4 is 16.5 Å². The fourth-order valence-corrected chi connectivity index (χ4v) is 4.28. The van der Waals surface area contributed by atoms with Crippen LogP contribution >= 0.6 is 0 Å². The number of nitrogens with zero attached hydrogens (tertiary/aromatic N) is 2. The van der Waals surface area contributed by atoms with Crippen LogP contribution in [-0.4, -0.2) is 39.4 Å². The smallest absolute Gasteiger partial charge is 0.387 e. The lowest BCUT2D eigenvalue weighted by Crippen LogP contribution is -2.39. The molecule has 0 spiro atoms. The van der Waals surface area contributed by atoms with Crippen molar-refractivity contribution in [3.63, 3.8) is 0 Å². The van der Waals surface area contributed by atoms with E-state index >= 15 is 4.39 Å². The molecule has 182 valence electrons. The van der Waals surface area contributed by atoms with E-state index < -0.39 is 29.7 Å². The number of halogens is 3. The third-order valence-corrected chi connectivity index (χ3v) is 6.15.